The van der Waals surface area contributed by atoms with Crippen LogP contribution in [0.3, 0.4) is 0 Å². The van der Waals surface area contributed by atoms with E-state index in [-0.39, 0.29) is 71.6 Å². The van der Waals surface area contributed by atoms with Crippen molar-refractivity contribution in [3.63, 3.8) is 0 Å². The Kier molecular flexibility index (Phi) is 12.6. The average Bonchev–Trinajstić information content (AvgIpc) is 3.79. The second-order valence-corrected chi connectivity index (χ2v) is 21.6. The maximum absolute atomic E-state index is 14.4. The van der Waals surface area contributed by atoms with Crippen LogP contribution >= 0.6 is 0 Å². The van der Waals surface area contributed by atoms with Gasteiger partial charge in [0, 0.05) is 11.8 Å². The van der Waals surface area contributed by atoms with Crippen molar-refractivity contribution in [3.05, 3.63) is 172 Å². The summed E-state index contributed by atoms with van der Waals surface area (Å²) >= 11 is 0. The molecule has 384 valence electrons. The van der Waals surface area contributed by atoms with Crippen molar-refractivity contribution < 1.29 is 20.4 Å². The molecule has 0 atom stereocenters. The third-order valence-corrected chi connectivity index (χ3v) is 15.3. The number of fused-ring (bicyclic) bond motifs is 8. The predicted octanol–water partition coefficient (Wildman–Crippen LogP) is 9.58. The number of rotatable bonds is 12. The van der Waals surface area contributed by atoms with Crippen LogP contribution in [-0.2, 0) is 0 Å². The molecule has 4 N–H and O–H groups in total. The molecule has 4 heterocycles. The van der Waals surface area contributed by atoms with E-state index in [0.29, 0.717) is 55.5 Å². The maximum Gasteiger partial charge on any atom is 0.266 e. The van der Waals surface area contributed by atoms with Crippen molar-refractivity contribution in [3.8, 4) is 11.4 Å². The normalized spacial score (nSPS) is 12.6. The Morgan fingerprint density at radius 2 is 0.553 bits per heavy atom. The van der Waals surface area contributed by atoms with Crippen molar-refractivity contribution in [2.24, 2.45) is 0 Å². The average molecular weight is 1020 g/mol. The van der Waals surface area contributed by atoms with Crippen molar-refractivity contribution >= 4 is 87.2 Å². The van der Waals surface area contributed by atoms with Crippen LogP contribution in [0, 0.1) is 0 Å². The van der Waals surface area contributed by atoms with Gasteiger partial charge in [-0.2, -0.15) is 0 Å². The molecule has 0 aliphatic heterocycles. The van der Waals surface area contributed by atoms with E-state index in [1.807, 2.05) is 128 Å². The van der Waals surface area contributed by atoms with E-state index < -0.39 is 34.1 Å². The van der Waals surface area contributed by atoms with Gasteiger partial charge >= 0.3 is 0 Å². The molecule has 4 aromatic heterocycles. The summed E-state index contributed by atoms with van der Waals surface area (Å²) in [5.74, 6) is -1.36. The number of aliphatic hydroxyl groups excluding tert-OH is 4. The summed E-state index contributed by atoms with van der Waals surface area (Å²) in [6, 6.07) is 30.0. The third-order valence-electron chi connectivity index (χ3n) is 15.3. The SMILES string of the molecule is CC(C)c1cc(C(CO)CO)cc(C(C)C)c1-n1c(=O)c2cc3nc4cc5ccc6cc7nc8cc9c(=O)n(-c%10c(C(C)C)cc(C(CO)CO)cc%10C(C)C)c(=O)c9cc8nc7cc6ccc5cc4nc3cc2c1=O. The third kappa shape index (κ3) is 8.09. The number of aromatic nitrogens is 6. The molecule has 7 aromatic carbocycles. The fraction of sp³-hybridized carbons (Fsp3) is 0.290. The summed E-state index contributed by atoms with van der Waals surface area (Å²) in [6.07, 6.45) is 0. The fourth-order valence-electron chi connectivity index (χ4n) is 11.0. The zero-order valence-electron chi connectivity index (χ0n) is 43.6. The lowest BCUT2D eigenvalue weighted by atomic mass is 9.86. The second kappa shape index (κ2) is 19.0. The van der Waals surface area contributed by atoms with E-state index in [1.54, 1.807) is 24.3 Å². The summed E-state index contributed by atoms with van der Waals surface area (Å²) in [6.45, 7) is 15.0. The van der Waals surface area contributed by atoms with Crippen molar-refractivity contribution in [1.82, 2.24) is 29.1 Å². The van der Waals surface area contributed by atoms with Gasteiger partial charge in [0.25, 0.3) is 22.2 Å². The van der Waals surface area contributed by atoms with E-state index in [1.165, 1.54) is 9.13 Å². The van der Waals surface area contributed by atoms with Gasteiger partial charge in [0.1, 0.15) is 0 Å². The molecule has 14 nitrogen and oxygen atoms in total. The molecule has 0 amide bonds. The molecule has 0 radical (unpaired) electrons. The van der Waals surface area contributed by atoms with Gasteiger partial charge in [-0.3, -0.25) is 19.2 Å². The molecule has 14 heteroatoms. The molecular weight excluding hydrogens is 957 g/mol. The number of aliphatic hydroxyl groups is 4. The van der Waals surface area contributed by atoms with Crippen LogP contribution in [0.2, 0.25) is 0 Å². The first kappa shape index (κ1) is 50.3. The molecule has 0 saturated carbocycles. The molecule has 76 heavy (non-hydrogen) atoms. The van der Waals surface area contributed by atoms with Crippen LogP contribution in [0.5, 0.6) is 0 Å². The zero-order chi connectivity index (χ0) is 53.8. The minimum absolute atomic E-state index is 0.0870. The monoisotopic (exact) mass is 1010 g/mol. The van der Waals surface area contributed by atoms with Crippen LogP contribution in [0.15, 0.2) is 116 Å². The first-order valence-electron chi connectivity index (χ1n) is 25.9. The zero-order valence-corrected chi connectivity index (χ0v) is 43.6. The van der Waals surface area contributed by atoms with Gasteiger partial charge in [-0.1, -0.05) is 104 Å². The molecule has 11 rings (SSSR count). The predicted molar refractivity (Wildman–Crippen MR) is 303 cm³/mol. The van der Waals surface area contributed by atoms with Gasteiger partial charge in [-0.05, 0) is 127 Å². The highest BCUT2D eigenvalue weighted by Gasteiger charge is 2.28. The second-order valence-electron chi connectivity index (χ2n) is 21.6. The molecule has 0 unspecified atom stereocenters. The molecule has 0 bridgehead atoms. The summed E-state index contributed by atoms with van der Waals surface area (Å²) in [5, 5.41) is 44.7. The Bertz CT molecular complexity index is 3940. The highest BCUT2D eigenvalue weighted by atomic mass is 16.3. The van der Waals surface area contributed by atoms with Crippen molar-refractivity contribution in [2.45, 2.75) is 90.9 Å². The number of nitrogens with zero attached hydrogens (tertiary/aromatic N) is 6. The minimum Gasteiger partial charge on any atom is -0.396 e. The number of hydrogen-bond acceptors (Lipinski definition) is 12. The molecule has 11 aromatic rings. The Labute approximate surface area is 435 Å². The Hall–Kier alpha value is -7.88. The lowest BCUT2D eigenvalue weighted by Gasteiger charge is -2.23. The van der Waals surface area contributed by atoms with Crippen molar-refractivity contribution in [2.75, 3.05) is 26.4 Å². The Morgan fingerprint density at radius 3 is 0.750 bits per heavy atom. The molecule has 0 saturated heterocycles. The van der Waals surface area contributed by atoms with Crippen LogP contribution < -0.4 is 22.2 Å². The molecule has 0 spiro atoms. The maximum atomic E-state index is 14.4. The molecule has 0 aliphatic rings. The smallest absolute Gasteiger partial charge is 0.266 e. The van der Waals surface area contributed by atoms with Gasteiger partial charge in [-0.25, -0.2) is 29.1 Å². The molecule has 0 aliphatic carbocycles. The van der Waals surface area contributed by atoms with E-state index >= 15 is 0 Å². The first-order valence-corrected chi connectivity index (χ1v) is 25.9. The quantitative estimate of drug-likeness (QED) is 0.0843. The van der Waals surface area contributed by atoms with Crippen LogP contribution in [-0.4, -0.2) is 75.9 Å². The standard InChI is InChI=1S/C62H58N6O8/c1-29(2)41-13-37(39(25-69)26-70)14-42(30(3)4)57(41)67-59(73)45-21-53-54(22-46(45)60(67)74)64-50-18-34-10-12-36-20-52-51(19-35(36)11-9-33(34)17-49(50)63-53)65-55-23-47-48(24-56(55)66-52)62(76)68(61(47)75)58-43(31(5)6)15-38(40(27-71)28-72)16-44(58)32(7)8/h9-24,29-32,39-40,69-72H,25-28H2,1-8H3. The summed E-state index contributed by atoms with van der Waals surface area (Å²) in [4.78, 5) is 77.8. The summed E-state index contributed by atoms with van der Waals surface area (Å²) < 4.78 is 2.54. The van der Waals surface area contributed by atoms with Gasteiger partial charge in [0.2, 0.25) is 0 Å². The minimum atomic E-state index is -0.504. The van der Waals surface area contributed by atoms with Gasteiger partial charge in [0.15, 0.2) is 0 Å². The number of benzene rings is 6. The highest BCUT2D eigenvalue weighted by Crippen LogP contribution is 2.37. The number of hydrogen-bond donors (Lipinski definition) is 4. The first-order chi connectivity index (χ1) is 36.4. The van der Waals surface area contributed by atoms with Crippen molar-refractivity contribution in [1.29, 1.82) is 0 Å². The Morgan fingerprint density at radius 1 is 0.342 bits per heavy atom. The van der Waals surface area contributed by atoms with Crippen LogP contribution in [0.1, 0.15) is 124 Å². The topological polar surface area (TPSA) is 211 Å². The lowest BCUT2D eigenvalue weighted by Crippen LogP contribution is -2.27. The van der Waals surface area contributed by atoms with Gasteiger partial charge in [0.05, 0.1) is 103 Å². The van der Waals surface area contributed by atoms with Crippen LogP contribution in [0.25, 0.3) is 98.6 Å². The highest BCUT2D eigenvalue weighted by molar-refractivity contribution is 6.04. The molecular formula is C62H58N6O8. The van der Waals surface area contributed by atoms with E-state index in [9.17, 15) is 39.6 Å². The van der Waals surface area contributed by atoms with E-state index in [0.717, 1.165) is 54.9 Å². The van der Waals surface area contributed by atoms with Gasteiger partial charge < -0.3 is 20.4 Å². The largest absolute Gasteiger partial charge is 0.396 e. The van der Waals surface area contributed by atoms with E-state index in [4.69, 9.17) is 19.9 Å². The summed E-state index contributed by atoms with van der Waals surface area (Å²) in [5.41, 5.74) is 8.11. The van der Waals surface area contributed by atoms with E-state index in [2.05, 4.69) is 0 Å². The van der Waals surface area contributed by atoms with Crippen LogP contribution in [0.4, 0.5) is 0 Å². The fourth-order valence-corrected chi connectivity index (χ4v) is 11.0. The Balaban J connectivity index is 1.02. The lowest BCUT2D eigenvalue weighted by molar-refractivity contribution is 0.192. The van der Waals surface area contributed by atoms with Gasteiger partial charge in [-0.15, -0.1) is 0 Å². The molecule has 0 fully saturated rings. The summed E-state index contributed by atoms with van der Waals surface area (Å²) in [7, 11) is 0.